The van der Waals surface area contributed by atoms with E-state index < -0.39 is 0 Å². The van der Waals surface area contributed by atoms with Crippen LogP contribution in [0.4, 0.5) is 0 Å². The SMILES string of the molecule is CN1CCN(C(=O)c2cccs2)C[C@@H]1c1ncc[nH]1. The number of carbonyl (C=O) groups is 1. The van der Waals surface area contributed by atoms with Crippen molar-refractivity contribution in [3.05, 3.63) is 40.6 Å². The zero-order chi connectivity index (χ0) is 13.2. The van der Waals surface area contributed by atoms with Crippen LogP contribution >= 0.6 is 11.3 Å². The Hall–Kier alpha value is -1.66. The molecule has 2 aromatic rings. The summed E-state index contributed by atoms with van der Waals surface area (Å²) in [6.45, 7) is 2.31. The fourth-order valence-corrected chi connectivity index (χ4v) is 3.06. The molecule has 100 valence electrons. The molecule has 1 N–H and O–H groups in total. The van der Waals surface area contributed by atoms with Crippen LogP contribution in [0, 0.1) is 0 Å². The molecule has 0 aromatic carbocycles. The van der Waals surface area contributed by atoms with Crippen molar-refractivity contribution in [1.82, 2.24) is 19.8 Å². The van der Waals surface area contributed by atoms with Crippen LogP contribution in [0.1, 0.15) is 21.5 Å². The molecule has 1 saturated heterocycles. The molecule has 1 aliphatic heterocycles. The number of thiophene rings is 1. The Labute approximate surface area is 115 Å². The van der Waals surface area contributed by atoms with Gasteiger partial charge in [-0.1, -0.05) is 6.07 Å². The summed E-state index contributed by atoms with van der Waals surface area (Å²) < 4.78 is 0. The maximum absolute atomic E-state index is 12.4. The summed E-state index contributed by atoms with van der Waals surface area (Å²) in [5.41, 5.74) is 0. The fourth-order valence-electron chi connectivity index (χ4n) is 2.37. The van der Waals surface area contributed by atoms with Crippen LogP contribution in [0.15, 0.2) is 29.9 Å². The highest BCUT2D eigenvalue weighted by atomic mass is 32.1. The lowest BCUT2D eigenvalue weighted by Gasteiger charge is -2.38. The third kappa shape index (κ3) is 2.41. The van der Waals surface area contributed by atoms with E-state index in [-0.39, 0.29) is 11.9 Å². The fraction of sp³-hybridized carbons (Fsp3) is 0.385. The number of piperazine rings is 1. The van der Waals surface area contributed by atoms with Crippen molar-refractivity contribution in [2.75, 3.05) is 26.7 Å². The van der Waals surface area contributed by atoms with Crippen LogP contribution in [0.2, 0.25) is 0 Å². The summed E-state index contributed by atoms with van der Waals surface area (Å²) >= 11 is 1.50. The summed E-state index contributed by atoms with van der Waals surface area (Å²) in [5.74, 6) is 1.05. The van der Waals surface area contributed by atoms with Crippen LogP contribution in [-0.4, -0.2) is 52.4 Å². The number of imidazole rings is 1. The van der Waals surface area contributed by atoms with E-state index in [4.69, 9.17) is 0 Å². The Morgan fingerprint density at radius 2 is 2.42 bits per heavy atom. The minimum absolute atomic E-state index is 0.125. The Balaban J connectivity index is 1.77. The molecule has 1 atom stereocenters. The lowest BCUT2D eigenvalue weighted by atomic mass is 10.1. The minimum Gasteiger partial charge on any atom is -0.347 e. The van der Waals surface area contributed by atoms with Gasteiger partial charge in [0.25, 0.3) is 5.91 Å². The first-order valence-electron chi connectivity index (χ1n) is 6.28. The van der Waals surface area contributed by atoms with Crippen LogP contribution < -0.4 is 0 Å². The van der Waals surface area contributed by atoms with Crippen LogP contribution in [0.3, 0.4) is 0 Å². The molecule has 5 nitrogen and oxygen atoms in total. The third-order valence-corrected chi connectivity index (χ3v) is 4.36. The number of H-pyrrole nitrogens is 1. The van der Waals surface area contributed by atoms with Gasteiger partial charge in [-0.25, -0.2) is 4.98 Å². The third-order valence-electron chi connectivity index (χ3n) is 3.50. The molecular formula is C13H16N4OS. The van der Waals surface area contributed by atoms with Gasteiger partial charge >= 0.3 is 0 Å². The van der Waals surface area contributed by atoms with Gasteiger partial charge in [-0.05, 0) is 18.5 Å². The number of likely N-dealkylation sites (N-methyl/N-ethyl adjacent to an activating group) is 1. The van der Waals surface area contributed by atoms with E-state index in [1.165, 1.54) is 11.3 Å². The van der Waals surface area contributed by atoms with Gasteiger partial charge in [-0.3, -0.25) is 9.69 Å². The molecule has 6 heteroatoms. The molecule has 1 fully saturated rings. The van der Waals surface area contributed by atoms with E-state index in [9.17, 15) is 4.79 Å². The van der Waals surface area contributed by atoms with Gasteiger partial charge < -0.3 is 9.88 Å². The first-order valence-corrected chi connectivity index (χ1v) is 7.16. The quantitative estimate of drug-likeness (QED) is 0.906. The number of aromatic nitrogens is 2. The predicted molar refractivity (Wildman–Crippen MR) is 74.2 cm³/mol. The number of amides is 1. The zero-order valence-corrected chi connectivity index (χ0v) is 11.6. The molecular weight excluding hydrogens is 260 g/mol. The topological polar surface area (TPSA) is 52.2 Å². The van der Waals surface area contributed by atoms with Gasteiger partial charge in [-0.2, -0.15) is 0 Å². The molecule has 0 bridgehead atoms. The lowest BCUT2D eigenvalue weighted by molar-refractivity contribution is 0.0539. The van der Waals surface area contributed by atoms with E-state index in [0.29, 0.717) is 6.54 Å². The van der Waals surface area contributed by atoms with Gasteiger partial charge in [0.1, 0.15) is 5.82 Å². The highest BCUT2D eigenvalue weighted by Crippen LogP contribution is 2.23. The Morgan fingerprint density at radius 3 is 3.11 bits per heavy atom. The zero-order valence-electron chi connectivity index (χ0n) is 10.7. The van der Waals surface area contributed by atoms with E-state index in [0.717, 1.165) is 23.8 Å². The van der Waals surface area contributed by atoms with E-state index in [2.05, 4.69) is 21.9 Å². The molecule has 19 heavy (non-hydrogen) atoms. The average Bonchev–Trinajstić information content (AvgIpc) is 3.12. The summed E-state index contributed by atoms with van der Waals surface area (Å²) in [6, 6.07) is 3.94. The van der Waals surface area contributed by atoms with E-state index in [1.54, 1.807) is 6.20 Å². The first kappa shape index (κ1) is 12.4. The van der Waals surface area contributed by atoms with E-state index in [1.807, 2.05) is 28.6 Å². The molecule has 3 rings (SSSR count). The van der Waals surface area contributed by atoms with Crippen molar-refractivity contribution < 1.29 is 4.79 Å². The van der Waals surface area contributed by atoms with Gasteiger partial charge in [-0.15, -0.1) is 11.3 Å². The number of aromatic amines is 1. The summed E-state index contributed by atoms with van der Waals surface area (Å²) in [7, 11) is 2.07. The number of hydrogen-bond donors (Lipinski definition) is 1. The van der Waals surface area contributed by atoms with Crippen molar-refractivity contribution in [1.29, 1.82) is 0 Å². The smallest absolute Gasteiger partial charge is 0.264 e. The first-order chi connectivity index (χ1) is 9.25. The highest BCUT2D eigenvalue weighted by Gasteiger charge is 2.30. The Morgan fingerprint density at radius 1 is 1.53 bits per heavy atom. The van der Waals surface area contributed by atoms with Crippen LogP contribution in [0.5, 0.6) is 0 Å². The van der Waals surface area contributed by atoms with Crippen molar-refractivity contribution in [2.24, 2.45) is 0 Å². The molecule has 2 aromatic heterocycles. The second-order valence-corrected chi connectivity index (χ2v) is 5.65. The number of nitrogens with zero attached hydrogens (tertiary/aromatic N) is 3. The van der Waals surface area contributed by atoms with Gasteiger partial charge in [0, 0.05) is 32.0 Å². The van der Waals surface area contributed by atoms with Gasteiger partial charge in [0.05, 0.1) is 10.9 Å². The second kappa shape index (κ2) is 5.14. The summed E-state index contributed by atoms with van der Waals surface area (Å²) in [5, 5.41) is 1.94. The van der Waals surface area contributed by atoms with E-state index >= 15 is 0 Å². The standard InChI is InChI=1S/C13H16N4OS/c1-16-6-7-17(13(18)11-3-2-8-19-11)9-10(16)12-14-4-5-15-12/h2-5,8,10H,6-7,9H2,1H3,(H,14,15)/t10-/m1/s1. The maximum atomic E-state index is 12.4. The number of hydrogen-bond acceptors (Lipinski definition) is 4. The molecule has 1 amide bonds. The number of rotatable bonds is 2. The molecule has 0 aliphatic carbocycles. The minimum atomic E-state index is 0.125. The number of nitrogens with one attached hydrogen (secondary N) is 1. The van der Waals surface area contributed by atoms with Gasteiger partial charge in [0.15, 0.2) is 0 Å². The average molecular weight is 276 g/mol. The molecule has 0 saturated carbocycles. The molecule has 0 unspecified atom stereocenters. The molecule has 3 heterocycles. The summed E-state index contributed by atoms with van der Waals surface area (Å²) in [4.78, 5) is 24.8. The van der Waals surface area contributed by atoms with Crippen molar-refractivity contribution >= 4 is 17.2 Å². The van der Waals surface area contributed by atoms with Crippen LogP contribution in [-0.2, 0) is 0 Å². The Kier molecular flexibility index (Phi) is 3.35. The van der Waals surface area contributed by atoms with Crippen molar-refractivity contribution in [2.45, 2.75) is 6.04 Å². The number of carbonyl (C=O) groups excluding carboxylic acids is 1. The van der Waals surface area contributed by atoms with Crippen molar-refractivity contribution in [3.63, 3.8) is 0 Å². The summed E-state index contributed by atoms with van der Waals surface area (Å²) in [6.07, 6.45) is 3.58. The molecule has 0 radical (unpaired) electrons. The monoisotopic (exact) mass is 276 g/mol. The highest BCUT2D eigenvalue weighted by molar-refractivity contribution is 7.12. The second-order valence-electron chi connectivity index (χ2n) is 4.70. The Bertz CT molecular complexity index is 537. The maximum Gasteiger partial charge on any atom is 0.264 e. The predicted octanol–water partition coefficient (Wildman–Crippen LogP) is 1.60. The molecule has 1 aliphatic rings. The molecule has 0 spiro atoms. The largest absolute Gasteiger partial charge is 0.347 e. The lowest BCUT2D eigenvalue weighted by Crippen LogP contribution is -2.49. The van der Waals surface area contributed by atoms with Gasteiger partial charge in [0.2, 0.25) is 0 Å². The van der Waals surface area contributed by atoms with Crippen molar-refractivity contribution in [3.8, 4) is 0 Å². The normalized spacial score (nSPS) is 20.7. The van der Waals surface area contributed by atoms with Crippen LogP contribution in [0.25, 0.3) is 0 Å².